The zero-order valence-electron chi connectivity index (χ0n) is 22.0. The number of para-hydroxylation sites is 2. The second kappa shape index (κ2) is 10.3. The SMILES string of the molecule is CCc1ccccc1NC(=O)N1Cc2c(CC)nn(-c3ccccc3)c2-n2cccc2[C@@H]1c1cccc(F)c1. The van der Waals surface area contributed by atoms with Gasteiger partial charge in [0.2, 0.25) is 0 Å². The maximum atomic E-state index is 14.6. The van der Waals surface area contributed by atoms with Crippen molar-refractivity contribution >= 4 is 11.7 Å². The first-order chi connectivity index (χ1) is 19.1. The van der Waals surface area contributed by atoms with E-state index in [9.17, 15) is 9.18 Å². The van der Waals surface area contributed by atoms with E-state index in [1.54, 1.807) is 11.0 Å². The summed E-state index contributed by atoms with van der Waals surface area (Å²) in [5, 5.41) is 8.16. The van der Waals surface area contributed by atoms with Crippen molar-refractivity contribution < 1.29 is 9.18 Å². The molecule has 0 saturated carbocycles. The van der Waals surface area contributed by atoms with Crippen molar-refractivity contribution in [2.24, 2.45) is 0 Å². The lowest BCUT2D eigenvalue weighted by molar-refractivity contribution is 0.194. The minimum atomic E-state index is -0.522. The van der Waals surface area contributed by atoms with Crippen LogP contribution in [0.5, 0.6) is 0 Å². The smallest absolute Gasteiger partial charge is 0.308 e. The van der Waals surface area contributed by atoms with Crippen LogP contribution in [0.15, 0.2) is 97.2 Å². The Morgan fingerprint density at radius 1 is 0.949 bits per heavy atom. The number of carbonyl (C=O) groups is 1. The fourth-order valence-electron chi connectivity index (χ4n) is 5.51. The molecule has 0 radical (unpaired) electrons. The van der Waals surface area contributed by atoms with Gasteiger partial charge >= 0.3 is 6.03 Å². The number of rotatable bonds is 5. The van der Waals surface area contributed by atoms with Crippen molar-refractivity contribution in [2.45, 2.75) is 39.3 Å². The molecule has 5 aromatic rings. The van der Waals surface area contributed by atoms with Crippen LogP contribution in [0.25, 0.3) is 11.5 Å². The number of urea groups is 1. The number of halogens is 1. The van der Waals surface area contributed by atoms with Crippen LogP contribution < -0.4 is 5.32 Å². The largest absolute Gasteiger partial charge is 0.322 e. The van der Waals surface area contributed by atoms with Crippen molar-refractivity contribution in [3.8, 4) is 11.5 Å². The maximum Gasteiger partial charge on any atom is 0.322 e. The van der Waals surface area contributed by atoms with E-state index in [4.69, 9.17) is 5.10 Å². The Labute approximate surface area is 227 Å². The van der Waals surface area contributed by atoms with Gasteiger partial charge in [-0.05, 0) is 66.4 Å². The van der Waals surface area contributed by atoms with Crippen LogP contribution in [0.4, 0.5) is 14.9 Å². The molecule has 7 heteroatoms. The lowest BCUT2D eigenvalue weighted by Crippen LogP contribution is -2.38. The fraction of sp³-hybridized carbons (Fsp3) is 0.188. The van der Waals surface area contributed by atoms with Crippen LogP contribution in [0.2, 0.25) is 0 Å². The van der Waals surface area contributed by atoms with Crippen LogP contribution in [-0.2, 0) is 19.4 Å². The third-order valence-electron chi connectivity index (χ3n) is 7.37. The van der Waals surface area contributed by atoms with E-state index in [0.717, 1.165) is 46.1 Å². The summed E-state index contributed by atoms with van der Waals surface area (Å²) in [6, 6.07) is 27.6. The van der Waals surface area contributed by atoms with E-state index in [2.05, 4.69) is 23.7 Å². The van der Waals surface area contributed by atoms with Gasteiger partial charge in [0.25, 0.3) is 0 Å². The molecule has 1 N–H and O–H groups in total. The number of nitrogens with one attached hydrogen (secondary N) is 1. The summed E-state index contributed by atoms with van der Waals surface area (Å²) in [6.07, 6.45) is 3.49. The van der Waals surface area contributed by atoms with Gasteiger partial charge < -0.3 is 14.8 Å². The number of hydrogen-bond donors (Lipinski definition) is 1. The molecule has 6 nitrogen and oxygen atoms in total. The lowest BCUT2D eigenvalue weighted by Gasteiger charge is -2.31. The van der Waals surface area contributed by atoms with Gasteiger partial charge in [0.1, 0.15) is 11.6 Å². The average Bonchev–Trinajstić information content (AvgIpc) is 3.55. The molecule has 2 amide bonds. The van der Waals surface area contributed by atoms with Gasteiger partial charge in [-0.25, -0.2) is 13.9 Å². The van der Waals surface area contributed by atoms with Gasteiger partial charge in [-0.3, -0.25) is 0 Å². The molecule has 0 spiro atoms. The Morgan fingerprint density at radius 2 is 1.74 bits per heavy atom. The van der Waals surface area contributed by atoms with Crippen LogP contribution in [0.3, 0.4) is 0 Å². The summed E-state index contributed by atoms with van der Waals surface area (Å²) >= 11 is 0. The summed E-state index contributed by atoms with van der Waals surface area (Å²) in [6.45, 7) is 4.46. The Balaban J connectivity index is 1.56. The zero-order valence-corrected chi connectivity index (χ0v) is 22.0. The first-order valence-electron chi connectivity index (χ1n) is 13.3. The molecule has 2 aromatic heterocycles. The predicted octanol–water partition coefficient (Wildman–Crippen LogP) is 7.06. The standard InChI is InChI=1S/C32H30FN5O/c1-3-22-12-8-9-17-28(22)34-32(39)37-21-26-27(4-2)35-38(25-15-6-5-7-16-25)31(26)36-19-11-18-29(36)30(37)23-13-10-14-24(33)20-23/h5-20,30H,3-4,21H2,1-2H3,(H,34,39)/t30-/m0/s1. The number of aromatic nitrogens is 3. The topological polar surface area (TPSA) is 55.1 Å². The van der Waals surface area contributed by atoms with E-state index in [0.29, 0.717) is 18.5 Å². The molecule has 3 heterocycles. The van der Waals surface area contributed by atoms with Crippen LogP contribution >= 0.6 is 0 Å². The third-order valence-corrected chi connectivity index (χ3v) is 7.37. The highest BCUT2D eigenvalue weighted by Gasteiger charge is 2.36. The van der Waals surface area contributed by atoms with Gasteiger partial charge in [0, 0.05) is 17.4 Å². The minimum Gasteiger partial charge on any atom is -0.308 e. The highest BCUT2D eigenvalue weighted by Crippen LogP contribution is 2.39. The second-order valence-electron chi connectivity index (χ2n) is 9.68. The predicted molar refractivity (Wildman–Crippen MR) is 151 cm³/mol. The monoisotopic (exact) mass is 519 g/mol. The molecule has 0 bridgehead atoms. The highest BCUT2D eigenvalue weighted by molar-refractivity contribution is 5.91. The quantitative estimate of drug-likeness (QED) is 0.270. The maximum absolute atomic E-state index is 14.6. The number of benzene rings is 3. The second-order valence-corrected chi connectivity index (χ2v) is 9.68. The molecule has 1 aliphatic rings. The van der Waals surface area contributed by atoms with Crippen LogP contribution in [-0.4, -0.2) is 25.3 Å². The number of fused-ring (bicyclic) bond motifs is 3. The molecule has 0 saturated heterocycles. The minimum absolute atomic E-state index is 0.250. The Bertz CT molecular complexity index is 1640. The van der Waals surface area contributed by atoms with Crippen LogP contribution in [0, 0.1) is 5.82 Å². The summed E-state index contributed by atoms with van der Waals surface area (Å²) in [5.74, 6) is 0.553. The molecule has 1 aliphatic heterocycles. The van der Waals surface area contributed by atoms with Crippen LogP contribution in [0.1, 0.15) is 48.0 Å². The number of amides is 2. The molecule has 0 unspecified atom stereocenters. The van der Waals surface area contributed by atoms with Crippen molar-refractivity contribution in [3.05, 3.63) is 131 Å². The van der Waals surface area contributed by atoms with Gasteiger partial charge in [-0.2, -0.15) is 5.10 Å². The van der Waals surface area contributed by atoms with E-state index in [1.807, 2.05) is 83.7 Å². The first-order valence-corrected chi connectivity index (χ1v) is 13.3. The molecule has 6 rings (SSSR count). The van der Waals surface area contributed by atoms with Gasteiger partial charge in [-0.1, -0.05) is 62.4 Å². The van der Waals surface area contributed by atoms with Gasteiger partial charge in [-0.15, -0.1) is 0 Å². The molecule has 0 aliphatic carbocycles. The number of aryl methyl sites for hydroxylation is 2. The Morgan fingerprint density at radius 3 is 2.51 bits per heavy atom. The van der Waals surface area contributed by atoms with Gasteiger partial charge in [0.15, 0.2) is 0 Å². The number of hydrogen-bond acceptors (Lipinski definition) is 2. The Hall–Kier alpha value is -4.65. The number of anilines is 1. The van der Waals surface area contributed by atoms with E-state index < -0.39 is 6.04 Å². The normalized spacial score (nSPS) is 14.4. The average molecular weight is 520 g/mol. The molecule has 196 valence electrons. The molecule has 3 aromatic carbocycles. The van der Waals surface area contributed by atoms with E-state index in [-0.39, 0.29) is 11.8 Å². The van der Waals surface area contributed by atoms with Crippen molar-refractivity contribution in [1.82, 2.24) is 19.2 Å². The van der Waals surface area contributed by atoms with Gasteiger partial charge in [0.05, 0.1) is 29.7 Å². The summed E-state index contributed by atoms with van der Waals surface area (Å²) in [7, 11) is 0. The first kappa shape index (κ1) is 24.7. The molecule has 0 fully saturated rings. The molecule has 39 heavy (non-hydrogen) atoms. The zero-order chi connectivity index (χ0) is 26.9. The summed E-state index contributed by atoms with van der Waals surface area (Å²) in [4.78, 5) is 16.0. The lowest BCUT2D eigenvalue weighted by atomic mass is 10.0. The highest BCUT2D eigenvalue weighted by atomic mass is 19.1. The van der Waals surface area contributed by atoms with Crippen molar-refractivity contribution in [2.75, 3.05) is 5.32 Å². The summed E-state index contributed by atoms with van der Waals surface area (Å²) < 4.78 is 18.6. The van der Waals surface area contributed by atoms with E-state index >= 15 is 0 Å². The molecule has 1 atom stereocenters. The Kier molecular flexibility index (Phi) is 6.49. The molecular formula is C32H30FN5O. The molecular weight excluding hydrogens is 489 g/mol. The van der Waals surface area contributed by atoms with Crippen molar-refractivity contribution in [3.63, 3.8) is 0 Å². The van der Waals surface area contributed by atoms with Crippen molar-refractivity contribution in [1.29, 1.82) is 0 Å². The van der Waals surface area contributed by atoms with E-state index in [1.165, 1.54) is 12.1 Å². The number of nitrogens with zero attached hydrogens (tertiary/aromatic N) is 4. The number of carbonyl (C=O) groups excluding carboxylic acids is 1. The summed E-state index contributed by atoms with van der Waals surface area (Å²) in [5.41, 5.74) is 6.22. The fourth-order valence-corrected chi connectivity index (χ4v) is 5.51. The third kappa shape index (κ3) is 4.40.